The van der Waals surface area contributed by atoms with Crippen molar-refractivity contribution in [2.75, 3.05) is 13.2 Å². The molecule has 3 aliphatic rings. The third-order valence-corrected chi connectivity index (χ3v) is 6.65. The lowest BCUT2D eigenvalue weighted by Crippen LogP contribution is -2.45. The Kier molecular flexibility index (Phi) is 8.04. The van der Waals surface area contributed by atoms with Crippen molar-refractivity contribution < 1.29 is 39.6 Å². The van der Waals surface area contributed by atoms with E-state index in [1.54, 1.807) is 6.08 Å². The van der Waals surface area contributed by atoms with Crippen LogP contribution in [0.3, 0.4) is 0 Å². The highest BCUT2D eigenvalue weighted by atomic mass is 16.4. The smallest absolute Gasteiger partial charge is 0.328 e. The quantitative estimate of drug-likeness (QED) is 0.261. The lowest BCUT2D eigenvalue weighted by molar-refractivity contribution is -0.141. The lowest BCUT2D eigenvalue weighted by atomic mass is 9.68. The molecule has 0 saturated heterocycles. The van der Waals surface area contributed by atoms with E-state index in [4.69, 9.17) is 0 Å². The normalized spacial score (nSPS) is 26.4. The van der Waals surface area contributed by atoms with Gasteiger partial charge in [0.1, 0.15) is 12.1 Å². The summed E-state index contributed by atoms with van der Waals surface area (Å²) < 4.78 is 0. The molecule has 0 amide bonds. The third-order valence-electron chi connectivity index (χ3n) is 6.65. The van der Waals surface area contributed by atoms with E-state index in [2.05, 4.69) is 10.6 Å². The van der Waals surface area contributed by atoms with Crippen LogP contribution in [-0.4, -0.2) is 69.2 Å². The van der Waals surface area contributed by atoms with Gasteiger partial charge in [-0.3, -0.25) is 9.59 Å². The molecule has 6 N–H and O–H groups in total. The van der Waals surface area contributed by atoms with Crippen molar-refractivity contribution in [3.05, 3.63) is 34.7 Å². The Balaban J connectivity index is 2.02. The van der Waals surface area contributed by atoms with E-state index in [0.29, 0.717) is 5.92 Å². The van der Waals surface area contributed by atoms with Gasteiger partial charge in [-0.1, -0.05) is 18.4 Å². The van der Waals surface area contributed by atoms with E-state index >= 15 is 0 Å². The predicted molar refractivity (Wildman–Crippen MR) is 116 cm³/mol. The first-order valence-corrected chi connectivity index (χ1v) is 11.2. The molecule has 0 aliphatic heterocycles. The van der Waals surface area contributed by atoms with E-state index in [1.807, 2.05) is 0 Å². The largest absolute Gasteiger partial charge is 0.480 e. The predicted octanol–water partition coefficient (Wildman–Crippen LogP) is 0.263. The molecule has 0 aromatic rings. The van der Waals surface area contributed by atoms with Crippen LogP contribution in [0.15, 0.2) is 34.7 Å². The van der Waals surface area contributed by atoms with Gasteiger partial charge >= 0.3 is 11.9 Å². The SMILES string of the molecule is O=C1C=C(N[C@@H](CO)C(=O)O)C(=O)C(/C=C2\CCCC3CCCCC23)=C1N[C@@H](CO)C(=O)O. The number of rotatable bonds is 9. The van der Waals surface area contributed by atoms with Crippen molar-refractivity contribution in [1.82, 2.24) is 10.6 Å². The Labute approximate surface area is 191 Å². The molecular weight excluding hydrogens is 432 g/mol. The molecule has 2 saturated carbocycles. The molecule has 0 aromatic heterocycles. The number of aliphatic carboxylic acids is 2. The average molecular weight is 462 g/mol. The van der Waals surface area contributed by atoms with Gasteiger partial charge < -0.3 is 31.1 Å². The molecule has 0 spiro atoms. The zero-order valence-electron chi connectivity index (χ0n) is 18.2. The second kappa shape index (κ2) is 10.8. The van der Waals surface area contributed by atoms with Crippen LogP contribution in [0.2, 0.25) is 0 Å². The molecule has 0 heterocycles. The Morgan fingerprint density at radius 3 is 2.21 bits per heavy atom. The fourth-order valence-electron chi connectivity index (χ4n) is 4.95. The number of fused-ring (bicyclic) bond motifs is 1. The summed E-state index contributed by atoms with van der Waals surface area (Å²) >= 11 is 0. The fraction of sp³-hybridized carbons (Fsp3) is 0.565. The molecule has 10 nitrogen and oxygen atoms in total. The highest BCUT2D eigenvalue weighted by molar-refractivity contribution is 6.23. The van der Waals surface area contributed by atoms with E-state index in [9.17, 15) is 39.6 Å². The number of aliphatic hydroxyl groups excluding tert-OH is 2. The van der Waals surface area contributed by atoms with Crippen LogP contribution >= 0.6 is 0 Å². The summed E-state index contributed by atoms with van der Waals surface area (Å²) in [6, 6.07) is -2.98. The molecule has 2 fully saturated rings. The van der Waals surface area contributed by atoms with Gasteiger partial charge in [-0.15, -0.1) is 0 Å². The number of carboxylic acids is 2. The molecule has 0 aromatic carbocycles. The van der Waals surface area contributed by atoms with E-state index in [0.717, 1.165) is 56.6 Å². The average Bonchev–Trinajstić information content (AvgIpc) is 2.79. The first-order valence-electron chi connectivity index (χ1n) is 11.2. The van der Waals surface area contributed by atoms with Gasteiger partial charge in [-0.05, 0) is 50.0 Å². The topological polar surface area (TPSA) is 173 Å². The zero-order valence-corrected chi connectivity index (χ0v) is 18.2. The minimum Gasteiger partial charge on any atom is -0.480 e. The van der Waals surface area contributed by atoms with Crippen LogP contribution in [-0.2, 0) is 19.2 Å². The molecule has 10 heteroatoms. The van der Waals surface area contributed by atoms with E-state index in [-0.39, 0.29) is 22.9 Å². The zero-order chi connectivity index (χ0) is 24.1. The monoisotopic (exact) mass is 462 g/mol. The first-order chi connectivity index (χ1) is 15.8. The maximum Gasteiger partial charge on any atom is 0.328 e. The maximum atomic E-state index is 13.3. The van der Waals surface area contributed by atoms with Crippen LogP contribution in [0.5, 0.6) is 0 Å². The second-order valence-corrected chi connectivity index (χ2v) is 8.74. The summed E-state index contributed by atoms with van der Waals surface area (Å²) in [7, 11) is 0. The van der Waals surface area contributed by atoms with E-state index < -0.39 is 48.8 Å². The molecule has 2 unspecified atom stereocenters. The summed E-state index contributed by atoms with van der Waals surface area (Å²) in [4.78, 5) is 48.9. The van der Waals surface area contributed by atoms with Crippen LogP contribution in [0.1, 0.15) is 44.9 Å². The number of carbonyl (C=O) groups is 4. The summed E-state index contributed by atoms with van der Waals surface area (Å²) in [6.45, 7) is -1.59. The fourth-order valence-corrected chi connectivity index (χ4v) is 4.95. The molecule has 33 heavy (non-hydrogen) atoms. The highest BCUT2D eigenvalue weighted by Gasteiger charge is 2.35. The molecular formula is C23H30N2O8. The molecule has 3 rings (SSSR count). The number of Topliss-reactive ketones (excluding diaryl/α,β-unsaturated/α-hetero) is 1. The van der Waals surface area contributed by atoms with Gasteiger partial charge in [-0.2, -0.15) is 0 Å². The van der Waals surface area contributed by atoms with Crippen molar-refractivity contribution >= 4 is 23.5 Å². The summed E-state index contributed by atoms with van der Waals surface area (Å²) in [5.74, 6) is -3.39. The molecule has 0 bridgehead atoms. The van der Waals surface area contributed by atoms with E-state index in [1.165, 1.54) is 0 Å². The molecule has 0 radical (unpaired) electrons. The minimum absolute atomic E-state index is 0.0620. The molecule has 4 atom stereocenters. The van der Waals surface area contributed by atoms with Crippen LogP contribution in [0, 0.1) is 11.8 Å². The Morgan fingerprint density at radius 2 is 1.58 bits per heavy atom. The summed E-state index contributed by atoms with van der Waals surface area (Å²) in [5, 5.41) is 42.1. The van der Waals surface area contributed by atoms with Crippen molar-refractivity contribution in [3.8, 4) is 0 Å². The number of nitrogens with one attached hydrogen (secondary N) is 2. The Morgan fingerprint density at radius 1 is 0.970 bits per heavy atom. The number of hydrogen-bond donors (Lipinski definition) is 6. The van der Waals surface area contributed by atoms with Gasteiger partial charge in [0, 0.05) is 6.08 Å². The molecule has 180 valence electrons. The van der Waals surface area contributed by atoms with Crippen LogP contribution in [0.4, 0.5) is 0 Å². The number of carbonyl (C=O) groups excluding carboxylic acids is 2. The van der Waals surface area contributed by atoms with Crippen molar-refractivity contribution in [3.63, 3.8) is 0 Å². The summed E-state index contributed by atoms with van der Waals surface area (Å²) in [6.07, 6.45) is 9.66. The number of carboxylic acid groups (broad SMARTS) is 2. The number of aliphatic hydroxyl groups is 2. The van der Waals surface area contributed by atoms with Crippen LogP contribution in [0.25, 0.3) is 0 Å². The minimum atomic E-state index is -1.49. The summed E-state index contributed by atoms with van der Waals surface area (Å²) in [5.41, 5.74) is 0.433. The highest BCUT2D eigenvalue weighted by Crippen LogP contribution is 2.44. The number of hydrogen-bond acceptors (Lipinski definition) is 8. The third kappa shape index (κ3) is 5.51. The van der Waals surface area contributed by atoms with Crippen molar-refractivity contribution in [2.45, 2.75) is 57.0 Å². The van der Waals surface area contributed by atoms with Crippen LogP contribution < -0.4 is 10.6 Å². The van der Waals surface area contributed by atoms with Crippen molar-refractivity contribution in [2.24, 2.45) is 11.8 Å². The van der Waals surface area contributed by atoms with Gasteiger partial charge in [0.15, 0.2) is 0 Å². The molecule has 3 aliphatic carbocycles. The Bertz CT molecular complexity index is 917. The standard InChI is InChI=1S/C23H30N2O8/c26-10-17(22(30)31)24-16-9-19(28)20(25-18(11-27)23(32)33)15(21(16)29)8-13-6-3-5-12-4-1-2-7-14(12)13/h8-9,12,14,17-18,24-27H,1-7,10-11H2,(H,30,31)(H,32,33)/b13-8+/t12?,14?,17-,18-/m0/s1. The van der Waals surface area contributed by atoms with Gasteiger partial charge in [-0.25, -0.2) is 9.59 Å². The number of ketones is 2. The van der Waals surface area contributed by atoms with Crippen molar-refractivity contribution in [1.29, 1.82) is 0 Å². The second-order valence-electron chi connectivity index (χ2n) is 8.74. The first kappa shape index (κ1) is 24.7. The van der Waals surface area contributed by atoms with Gasteiger partial charge in [0.25, 0.3) is 0 Å². The Hall–Kier alpha value is -2.98. The lowest BCUT2D eigenvalue weighted by Gasteiger charge is -2.38. The maximum absolute atomic E-state index is 13.3. The number of allylic oxidation sites excluding steroid dienone is 4. The van der Waals surface area contributed by atoms with Gasteiger partial charge in [0.05, 0.1) is 30.2 Å². The van der Waals surface area contributed by atoms with Gasteiger partial charge in [0.2, 0.25) is 11.6 Å².